The quantitative estimate of drug-likeness (QED) is 0.881. The highest BCUT2D eigenvalue weighted by atomic mass is 16.5. The lowest BCUT2D eigenvalue weighted by Gasteiger charge is -2.17. The number of carbonyl (C=O) groups is 1. The minimum atomic E-state index is -0.269. The van der Waals surface area contributed by atoms with Crippen molar-refractivity contribution >= 4 is 5.91 Å². The molecular weight excluding hydrogens is 308 g/mol. The van der Waals surface area contributed by atoms with Crippen LogP contribution in [0.2, 0.25) is 0 Å². The van der Waals surface area contributed by atoms with Gasteiger partial charge in [-0.15, -0.1) is 0 Å². The molecule has 0 bridgehead atoms. The molecular formula is C18H22N2O4. The molecule has 2 heterocycles. The summed E-state index contributed by atoms with van der Waals surface area (Å²) in [5.41, 5.74) is 1.36. The number of hydrogen-bond donors (Lipinski definition) is 1. The Labute approximate surface area is 141 Å². The van der Waals surface area contributed by atoms with Crippen molar-refractivity contribution in [3.8, 4) is 5.75 Å². The zero-order chi connectivity index (χ0) is 16.9. The van der Waals surface area contributed by atoms with Gasteiger partial charge in [0.05, 0.1) is 6.54 Å². The highest BCUT2D eigenvalue weighted by molar-refractivity contribution is 5.93. The number of hydrogen-bond acceptors (Lipinski definition) is 5. The van der Waals surface area contributed by atoms with E-state index in [2.05, 4.69) is 10.3 Å². The number of aryl methyl sites for hydroxylation is 1. The molecule has 128 valence electrons. The van der Waals surface area contributed by atoms with Crippen LogP contribution in [0.25, 0.3) is 0 Å². The Morgan fingerprint density at radius 1 is 1.46 bits per heavy atom. The molecule has 1 fully saturated rings. The summed E-state index contributed by atoms with van der Waals surface area (Å²) in [5.74, 6) is 1.06. The number of aromatic nitrogens is 1. The monoisotopic (exact) mass is 330 g/mol. The zero-order valence-electron chi connectivity index (χ0n) is 14.0. The SMILES string of the molecule is Cc1ccccc1OC(C)CNC(=O)c1ncoc1C1CCCO1. The van der Waals surface area contributed by atoms with Crippen molar-refractivity contribution in [2.24, 2.45) is 0 Å². The zero-order valence-corrected chi connectivity index (χ0v) is 14.0. The van der Waals surface area contributed by atoms with Gasteiger partial charge in [0.1, 0.15) is 18.0 Å². The Morgan fingerprint density at radius 2 is 2.29 bits per heavy atom. The lowest BCUT2D eigenvalue weighted by molar-refractivity contribution is 0.0851. The molecule has 0 saturated carbocycles. The average molecular weight is 330 g/mol. The van der Waals surface area contributed by atoms with E-state index in [-0.39, 0.29) is 18.1 Å². The molecule has 3 rings (SSSR count). The molecule has 1 saturated heterocycles. The molecule has 6 heteroatoms. The molecule has 2 unspecified atom stereocenters. The molecule has 1 aliphatic heterocycles. The first-order valence-corrected chi connectivity index (χ1v) is 8.20. The van der Waals surface area contributed by atoms with Crippen molar-refractivity contribution in [2.75, 3.05) is 13.2 Å². The lowest BCUT2D eigenvalue weighted by atomic mass is 10.1. The number of nitrogens with one attached hydrogen (secondary N) is 1. The molecule has 1 aromatic carbocycles. The molecule has 1 N–H and O–H groups in total. The predicted octanol–water partition coefficient (Wildman–Crippen LogP) is 3.03. The second kappa shape index (κ2) is 7.49. The summed E-state index contributed by atoms with van der Waals surface area (Å²) in [6.45, 7) is 4.97. The highest BCUT2D eigenvalue weighted by Gasteiger charge is 2.28. The third-order valence-corrected chi connectivity index (χ3v) is 4.00. The summed E-state index contributed by atoms with van der Waals surface area (Å²) in [5, 5.41) is 2.85. The predicted molar refractivity (Wildman–Crippen MR) is 88.0 cm³/mol. The maximum Gasteiger partial charge on any atom is 0.273 e. The van der Waals surface area contributed by atoms with E-state index in [1.807, 2.05) is 38.1 Å². The van der Waals surface area contributed by atoms with Crippen LogP contribution in [0.4, 0.5) is 0 Å². The van der Waals surface area contributed by atoms with Gasteiger partial charge >= 0.3 is 0 Å². The van der Waals surface area contributed by atoms with Gasteiger partial charge in [0.15, 0.2) is 17.8 Å². The first-order valence-electron chi connectivity index (χ1n) is 8.20. The fraction of sp³-hybridized carbons (Fsp3) is 0.444. The van der Waals surface area contributed by atoms with Crippen LogP contribution in [-0.4, -0.2) is 30.1 Å². The normalized spacial score (nSPS) is 18.3. The number of para-hydroxylation sites is 1. The van der Waals surface area contributed by atoms with Crippen LogP contribution < -0.4 is 10.1 Å². The van der Waals surface area contributed by atoms with Gasteiger partial charge < -0.3 is 19.2 Å². The van der Waals surface area contributed by atoms with E-state index in [4.69, 9.17) is 13.9 Å². The van der Waals surface area contributed by atoms with E-state index in [1.165, 1.54) is 6.39 Å². The van der Waals surface area contributed by atoms with Crippen LogP contribution in [0.15, 0.2) is 35.1 Å². The molecule has 1 aromatic heterocycles. The van der Waals surface area contributed by atoms with E-state index in [0.29, 0.717) is 24.6 Å². The van der Waals surface area contributed by atoms with E-state index < -0.39 is 0 Å². The van der Waals surface area contributed by atoms with E-state index in [0.717, 1.165) is 24.2 Å². The maximum absolute atomic E-state index is 12.4. The van der Waals surface area contributed by atoms with Gasteiger partial charge in [-0.1, -0.05) is 18.2 Å². The third kappa shape index (κ3) is 3.76. The molecule has 0 spiro atoms. The van der Waals surface area contributed by atoms with Crippen LogP contribution in [-0.2, 0) is 4.74 Å². The standard InChI is InChI=1S/C18H22N2O4/c1-12-6-3-4-7-14(12)24-13(2)10-19-18(21)16-17(23-11-20-16)15-8-5-9-22-15/h3-4,6-7,11,13,15H,5,8-10H2,1-2H3,(H,19,21). The molecule has 1 aliphatic rings. The topological polar surface area (TPSA) is 73.6 Å². The number of oxazole rings is 1. The summed E-state index contributed by atoms with van der Waals surface area (Å²) in [6, 6.07) is 7.80. The first-order chi connectivity index (χ1) is 11.6. The number of ether oxygens (including phenoxy) is 2. The number of carbonyl (C=O) groups excluding carboxylic acids is 1. The Kier molecular flexibility index (Phi) is 5.15. The smallest absolute Gasteiger partial charge is 0.273 e. The molecule has 1 amide bonds. The van der Waals surface area contributed by atoms with Gasteiger partial charge in [0.2, 0.25) is 0 Å². The van der Waals surface area contributed by atoms with Gasteiger partial charge in [-0.25, -0.2) is 4.98 Å². The summed E-state index contributed by atoms with van der Waals surface area (Å²) in [4.78, 5) is 16.4. The van der Waals surface area contributed by atoms with Crippen molar-refractivity contribution in [3.05, 3.63) is 47.7 Å². The minimum absolute atomic E-state index is 0.159. The van der Waals surface area contributed by atoms with Crippen molar-refractivity contribution in [3.63, 3.8) is 0 Å². The number of rotatable bonds is 6. The molecule has 0 radical (unpaired) electrons. The summed E-state index contributed by atoms with van der Waals surface area (Å²) in [7, 11) is 0. The minimum Gasteiger partial charge on any atom is -0.489 e. The highest BCUT2D eigenvalue weighted by Crippen LogP contribution is 2.30. The molecule has 24 heavy (non-hydrogen) atoms. The Morgan fingerprint density at radius 3 is 3.04 bits per heavy atom. The average Bonchev–Trinajstić information content (AvgIpc) is 3.25. The third-order valence-electron chi connectivity index (χ3n) is 4.00. The van der Waals surface area contributed by atoms with Gasteiger partial charge in [-0.2, -0.15) is 0 Å². The van der Waals surface area contributed by atoms with E-state index in [1.54, 1.807) is 0 Å². The first kappa shape index (κ1) is 16.5. The summed E-state index contributed by atoms with van der Waals surface area (Å²) in [6.07, 6.45) is 2.77. The van der Waals surface area contributed by atoms with Crippen LogP contribution in [0.1, 0.15) is 47.7 Å². The van der Waals surface area contributed by atoms with Crippen LogP contribution in [0.3, 0.4) is 0 Å². The van der Waals surface area contributed by atoms with E-state index >= 15 is 0 Å². The number of amides is 1. The fourth-order valence-corrected chi connectivity index (χ4v) is 2.71. The van der Waals surface area contributed by atoms with Crippen molar-refractivity contribution in [2.45, 2.75) is 38.9 Å². The number of benzene rings is 1. The second-order valence-corrected chi connectivity index (χ2v) is 5.97. The lowest BCUT2D eigenvalue weighted by Crippen LogP contribution is -2.34. The maximum atomic E-state index is 12.4. The molecule has 0 aliphatic carbocycles. The molecule has 6 nitrogen and oxygen atoms in total. The molecule has 2 atom stereocenters. The Bertz CT molecular complexity index is 692. The van der Waals surface area contributed by atoms with Crippen molar-refractivity contribution in [1.82, 2.24) is 10.3 Å². The van der Waals surface area contributed by atoms with E-state index in [9.17, 15) is 4.79 Å². The largest absolute Gasteiger partial charge is 0.489 e. The number of nitrogens with zero attached hydrogens (tertiary/aromatic N) is 1. The van der Waals surface area contributed by atoms with Crippen LogP contribution in [0.5, 0.6) is 5.75 Å². The van der Waals surface area contributed by atoms with Gasteiger partial charge in [-0.05, 0) is 38.3 Å². The Balaban J connectivity index is 1.56. The summed E-state index contributed by atoms with van der Waals surface area (Å²) >= 11 is 0. The fourth-order valence-electron chi connectivity index (χ4n) is 2.71. The van der Waals surface area contributed by atoms with Gasteiger partial charge in [0.25, 0.3) is 5.91 Å². The van der Waals surface area contributed by atoms with Gasteiger partial charge in [-0.3, -0.25) is 4.79 Å². The van der Waals surface area contributed by atoms with Gasteiger partial charge in [0, 0.05) is 6.61 Å². The van der Waals surface area contributed by atoms with Crippen molar-refractivity contribution < 1.29 is 18.7 Å². The van der Waals surface area contributed by atoms with Crippen LogP contribution >= 0.6 is 0 Å². The van der Waals surface area contributed by atoms with Crippen molar-refractivity contribution in [1.29, 1.82) is 0 Å². The van der Waals surface area contributed by atoms with Crippen LogP contribution in [0, 0.1) is 6.92 Å². The second-order valence-electron chi connectivity index (χ2n) is 5.97. The molecule has 2 aromatic rings. The summed E-state index contributed by atoms with van der Waals surface area (Å²) < 4.78 is 16.8. The Hall–Kier alpha value is -2.34.